The minimum absolute atomic E-state index is 0.951. The molecule has 27 heavy (non-hydrogen) atoms. The molecular weight excluding hydrogens is 324 g/mol. The Balaban J connectivity index is 1.59. The second-order valence-electron chi connectivity index (χ2n) is 7.46. The highest BCUT2D eigenvalue weighted by atomic mass is 14.2. The third kappa shape index (κ3) is 3.46. The van der Waals surface area contributed by atoms with E-state index in [1.54, 1.807) is 0 Å². The maximum absolute atomic E-state index is 5.76. The van der Waals surface area contributed by atoms with E-state index < -0.39 is 0 Å². The van der Waals surface area contributed by atoms with Crippen molar-refractivity contribution >= 4 is 11.1 Å². The number of terminal acetylenes is 1. The second-order valence-corrected chi connectivity index (χ2v) is 7.46. The van der Waals surface area contributed by atoms with Gasteiger partial charge in [0.2, 0.25) is 0 Å². The zero-order chi connectivity index (χ0) is 18.8. The fourth-order valence-corrected chi connectivity index (χ4v) is 4.06. The summed E-state index contributed by atoms with van der Waals surface area (Å²) in [5.41, 5.74) is 11.6. The van der Waals surface area contributed by atoms with Crippen molar-refractivity contribution in [2.75, 3.05) is 0 Å². The molecule has 0 bridgehead atoms. The molecule has 0 heteroatoms. The molecule has 0 radical (unpaired) electrons. The molecule has 0 aromatic heterocycles. The van der Waals surface area contributed by atoms with Crippen LogP contribution in [0.15, 0.2) is 73.4 Å². The lowest BCUT2D eigenvalue weighted by atomic mass is 9.96. The first-order valence-electron chi connectivity index (χ1n) is 9.58. The van der Waals surface area contributed by atoms with E-state index in [0.29, 0.717) is 0 Å². The Morgan fingerprint density at radius 1 is 1.04 bits per heavy atom. The Kier molecular flexibility index (Phi) is 4.69. The van der Waals surface area contributed by atoms with Gasteiger partial charge in [-0.15, -0.1) is 13.0 Å². The smallest absolute Gasteiger partial charge is 0.0280 e. The minimum atomic E-state index is 0.951. The molecule has 132 valence electrons. The first-order valence-corrected chi connectivity index (χ1v) is 9.58. The zero-order valence-electron chi connectivity index (χ0n) is 15.7. The summed E-state index contributed by atoms with van der Waals surface area (Å²) in [5.74, 6) is 2.86. The van der Waals surface area contributed by atoms with Gasteiger partial charge in [-0.25, -0.2) is 0 Å². The van der Waals surface area contributed by atoms with Gasteiger partial charge in [-0.05, 0) is 77.1 Å². The maximum atomic E-state index is 5.76. The number of aryl methyl sites for hydroxylation is 1. The first-order chi connectivity index (χ1) is 13.2. The van der Waals surface area contributed by atoms with Crippen LogP contribution >= 0.6 is 0 Å². The molecule has 0 amide bonds. The highest BCUT2D eigenvalue weighted by molar-refractivity contribution is 5.90. The van der Waals surface area contributed by atoms with Gasteiger partial charge < -0.3 is 0 Å². The molecule has 0 nitrogen and oxygen atoms in total. The van der Waals surface area contributed by atoms with Crippen molar-refractivity contribution in [3.05, 3.63) is 107 Å². The van der Waals surface area contributed by atoms with Crippen LogP contribution in [0.25, 0.3) is 11.1 Å². The van der Waals surface area contributed by atoms with Crippen molar-refractivity contribution in [2.24, 2.45) is 0 Å². The van der Waals surface area contributed by atoms with Crippen LogP contribution < -0.4 is 0 Å². The average Bonchev–Trinajstić information content (AvgIpc) is 3.31. The van der Waals surface area contributed by atoms with Crippen LogP contribution in [0.5, 0.6) is 0 Å². The predicted octanol–water partition coefficient (Wildman–Crippen LogP) is 6.31. The Morgan fingerprint density at radius 2 is 1.85 bits per heavy atom. The molecule has 0 atom stereocenters. The molecule has 0 spiro atoms. The SMILES string of the molecule is C#Cc1cc(C2=CC(c3ccc4c(c3)CC(=C)C4)=CC2)ccc1CCC=C. The van der Waals surface area contributed by atoms with Crippen LogP contribution in [0.2, 0.25) is 0 Å². The summed E-state index contributed by atoms with van der Waals surface area (Å²) in [7, 11) is 0. The van der Waals surface area contributed by atoms with Gasteiger partial charge >= 0.3 is 0 Å². The summed E-state index contributed by atoms with van der Waals surface area (Å²) >= 11 is 0. The molecule has 0 saturated carbocycles. The Bertz CT molecular complexity index is 1030. The second kappa shape index (κ2) is 7.29. The maximum Gasteiger partial charge on any atom is 0.0280 e. The molecule has 0 aliphatic heterocycles. The monoisotopic (exact) mass is 348 g/mol. The van der Waals surface area contributed by atoms with E-state index in [4.69, 9.17) is 6.42 Å². The van der Waals surface area contributed by atoms with Crippen molar-refractivity contribution in [1.29, 1.82) is 0 Å². The lowest BCUT2D eigenvalue weighted by Gasteiger charge is -2.08. The highest BCUT2D eigenvalue weighted by Gasteiger charge is 2.17. The van der Waals surface area contributed by atoms with Gasteiger partial charge in [0.15, 0.2) is 0 Å². The fraction of sp³-hybridized carbons (Fsp3) is 0.185. The summed E-state index contributed by atoms with van der Waals surface area (Å²) in [6.45, 7) is 7.94. The Labute approximate surface area is 162 Å². The quantitative estimate of drug-likeness (QED) is 0.438. The first kappa shape index (κ1) is 17.4. The number of allylic oxidation sites excluding steroid dienone is 6. The summed E-state index contributed by atoms with van der Waals surface area (Å²) < 4.78 is 0. The average molecular weight is 348 g/mol. The fourth-order valence-electron chi connectivity index (χ4n) is 4.06. The van der Waals surface area contributed by atoms with Crippen LogP contribution in [0.1, 0.15) is 46.2 Å². The number of fused-ring (bicyclic) bond motifs is 1. The molecular formula is C27H24. The summed E-state index contributed by atoms with van der Waals surface area (Å²) in [6, 6.07) is 13.4. The third-order valence-corrected chi connectivity index (χ3v) is 5.55. The van der Waals surface area contributed by atoms with Gasteiger partial charge in [-0.1, -0.05) is 66.6 Å². The van der Waals surface area contributed by atoms with Crippen molar-refractivity contribution in [3.63, 3.8) is 0 Å². The molecule has 2 aromatic rings. The third-order valence-electron chi connectivity index (χ3n) is 5.55. The normalized spacial score (nSPS) is 15.1. The van der Waals surface area contributed by atoms with Crippen molar-refractivity contribution in [1.82, 2.24) is 0 Å². The van der Waals surface area contributed by atoms with Crippen LogP contribution in [-0.4, -0.2) is 0 Å². The summed E-state index contributed by atoms with van der Waals surface area (Å²) in [6.07, 6.45) is 17.2. The van der Waals surface area contributed by atoms with E-state index in [1.165, 1.54) is 44.5 Å². The zero-order valence-corrected chi connectivity index (χ0v) is 15.7. The van der Waals surface area contributed by atoms with Crippen molar-refractivity contribution in [3.8, 4) is 12.3 Å². The van der Waals surface area contributed by atoms with Crippen LogP contribution in [0, 0.1) is 12.3 Å². The van der Waals surface area contributed by atoms with Gasteiger partial charge in [0.05, 0.1) is 0 Å². The number of rotatable bonds is 5. The van der Waals surface area contributed by atoms with E-state index in [9.17, 15) is 0 Å². The van der Waals surface area contributed by atoms with Gasteiger partial charge in [0.1, 0.15) is 0 Å². The lowest BCUT2D eigenvalue weighted by Crippen LogP contribution is -1.92. The number of benzene rings is 2. The summed E-state index contributed by atoms with van der Waals surface area (Å²) in [5, 5.41) is 0. The molecule has 2 aliphatic rings. The van der Waals surface area contributed by atoms with E-state index in [0.717, 1.165) is 37.7 Å². The molecule has 0 unspecified atom stereocenters. The van der Waals surface area contributed by atoms with Crippen molar-refractivity contribution in [2.45, 2.75) is 32.1 Å². The van der Waals surface area contributed by atoms with E-state index in [1.807, 2.05) is 6.08 Å². The predicted molar refractivity (Wildman–Crippen MR) is 116 cm³/mol. The van der Waals surface area contributed by atoms with Crippen LogP contribution in [-0.2, 0) is 19.3 Å². The van der Waals surface area contributed by atoms with Gasteiger partial charge in [-0.3, -0.25) is 0 Å². The number of hydrogen-bond donors (Lipinski definition) is 0. The number of hydrogen-bond acceptors (Lipinski definition) is 0. The topological polar surface area (TPSA) is 0 Å². The van der Waals surface area contributed by atoms with Gasteiger partial charge in [0, 0.05) is 5.56 Å². The molecule has 0 fully saturated rings. The van der Waals surface area contributed by atoms with Crippen LogP contribution in [0.3, 0.4) is 0 Å². The molecule has 0 N–H and O–H groups in total. The van der Waals surface area contributed by atoms with E-state index in [2.05, 4.69) is 67.6 Å². The highest BCUT2D eigenvalue weighted by Crippen LogP contribution is 2.35. The van der Waals surface area contributed by atoms with E-state index >= 15 is 0 Å². The largest absolute Gasteiger partial charge is 0.115 e. The minimum Gasteiger partial charge on any atom is -0.115 e. The van der Waals surface area contributed by atoms with Crippen LogP contribution in [0.4, 0.5) is 0 Å². The van der Waals surface area contributed by atoms with Gasteiger partial charge in [0.25, 0.3) is 0 Å². The van der Waals surface area contributed by atoms with Gasteiger partial charge in [-0.2, -0.15) is 0 Å². The summed E-state index contributed by atoms with van der Waals surface area (Å²) in [4.78, 5) is 0. The van der Waals surface area contributed by atoms with E-state index in [-0.39, 0.29) is 0 Å². The Morgan fingerprint density at radius 3 is 2.67 bits per heavy atom. The standard InChI is InChI=1S/C27H24/c1-4-6-7-21-8-9-23(16-20(21)5-2)24-12-13-25(17-24)26-11-10-22-14-19(3)15-27(22)18-26/h2,4,8-11,13,16-18H,1,3,6-7,12,14-15H2. The lowest BCUT2D eigenvalue weighted by molar-refractivity contribution is 0.999. The molecule has 0 heterocycles. The molecule has 2 aliphatic carbocycles. The molecule has 0 saturated heterocycles. The Hall–Kier alpha value is -3.04. The van der Waals surface area contributed by atoms with Crippen molar-refractivity contribution < 1.29 is 0 Å². The molecule has 2 aromatic carbocycles. The molecule has 4 rings (SSSR count).